The molecule has 1 unspecified atom stereocenters. The van der Waals surface area contributed by atoms with Crippen molar-refractivity contribution in [1.82, 2.24) is 10.6 Å². The number of rotatable bonds is 3. The van der Waals surface area contributed by atoms with Gasteiger partial charge >= 0.3 is 0 Å². The number of likely N-dealkylation sites (N-methyl/N-ethyl adjacent to an activating group) is 2. The molecule has 4 nitrogen and oxygen atoms in total. The minimum atomic E-state index is -0.933. The molecule has 0 saturated heterocycles. The summed E-state index contributed by atoms with van der Waals surface area (Å²) < 4.78 is 0. The molecular weight excluding hydrogens is 144 g/mol. The van der Waals surface area contributed by atoms with E-state index in [1.165, 1.54) is 0 Å². The second-order valence-electron chi connectivity index (χ2n) is 2.34. The second-order valence-corrected chi connectivity index (χ2v) is 2.34. The fourth-order valence-electron chi connectivity index (χ4n) is 1.09. The molecule has 0 saturated carbocycles. The molecule has 1 rings (SSSR count). The predicted molar refractivity (Wildman–Crippen MR) is 40.8 cm³/mol. The SMILES string of the molecule is CCNC1=C(NC)C(=O)C1O. The van der Waals surface area contributed by atoms with Crippen LogP contribution in [0.4, 0.5) is 0 Å². The molecule has 0 aromatic heterocycles. The van der Waals surface area contributed by atoms with Crippen molar-refractivity contribution < 1.29 is 9.90 Å². The van der Waals surface area contributed by atoms with Gasteiger partial charge in [-0.25, -0.2) is 0 Å². The first-order valence-corrected chi connectivity index (χ1v) is 3.60. The molecule has 0 amide bonds. The lowest BCUT2D eigenvalue weighted by molar-refractivity contribution is -0.125. The Morgan fingerprint density at radius 2 is 2.27 bits per heavy atom. The van der Waals surface area contributed by atoms with Crippen LogP contribution in [0.1, 0.15) is 6.92 Å². The van der Waals surface area contributed by atoms with E-state index in [1.807, 2.05) is 6.92 Å². The van der Waals surface area contributed by atoms with Crippen LogP contribution in [0.3, 0.4) is 0 Å². The minimum Gasteiger partial charge on any atom is -0.384 e. The summed E-state index contributed by atoms with van der Waals surface area (Å²) in [5.74, 6) is -0.233. The highest BCUT2D eigenvalue weighted by Gasteiger charge is 2.36. The molecule has 1 aliphatic carbocycles. The summed E-state index contributed by atoms with van der Waals surface area (Å²) in [5, 5.41) is 14.7. The molecule has 0 radical (unpaired) electrons. The predicted octanol–water partition coefficient (Wildman–Crippen LogP) is -1.03. The van der Waals surface area contributed by atoms with Gasteiger partial charge in [-0.2, -0.15) is 0 Å². The molecule has 0 heterocycles. The van der Waals surface area contributed by atoms with Gasteiger partial charge in [0.25, 0.3) is 0 Å². The average Bonchev–Trinajstić information content (AvgIpc) is 2.04. The van der Waals surface area contributed by atoms with E-state index in [9.17, 15) is 4.79 Å². The van der Waals surface area contributed by atoms with Gasteiger partial charge < -0.3 is 15.7 Å². The lowest BCUT2D eigenvalue weighted by atomic mass is 9.95. The Bertz CT molecular complexity index is 210. The van der Waals surface area contributed by atoms with Crippen LogP contribution >= 0.6 is 0 Å². The molecule has 1 aliphatic rings. The van der Waals surface area contributed by atoms with Crippen LogP contribution in [0.15, 0.2) is 11.4 Å². The largest absolute Gasteiger partial charge is 0.384 e. The molecule has 0 bridgehead atoms. The zero-order valence-electron chi connectivity index (χ0n) is 6.64. The summed E-state index contributed by atoms with van der Waals surface area (Å²) in [7, 11) is 1.66. The number of carbonyl (C=O) groups is 1. The van der Waals surface area contributed by atoms with E-state index in [0.717, 1.165) is 0 Å². The van der Waals surface area contributed by atoms with Gasteiger partial charge in [0.05, 0.1) is 5.70 Å². The number of aliphatic hydroxyl groups is 1. The van der Waals surface area contributed by atoms with Crippen molar-refractivity contribution in [1.29, 1.82) is 0 Å². The first-order valence-electron chi connectivity index (χ1n) is 3.60. The zero-order valence-corrected chi connectivity index (χ0v) is 6.64. The van der Waals surface area contributed by atoms with E-state index in [2.05, 4.69) is 10.6 Å². The monoisotopic (exact) mass is 156 g/mol. The number of carbonyl (C=O) groups excluding carboxylic acids is 1. The van der Waals surface area contributed by atoms with Gasteiger partial charge in [0, 0.05) is 13.6 Å². The second kappa shape index (κ2) is 2.92. The van der Waals surface area contributed by atoms with Crippen molar-refractivity contribution in [2.75, 3.05) is 13.6 Å². The van der Waals surface area contributed by atoms with E-state index in [1.54, 1.807) is 7.05 Å². The molecule has 0 aromatic carbocycles. The number of ketones is 1. The van der Waals surface area contributed by atoms with Crippen molar-refractivity contribution in [3.63, 3.8) is 0 Å². The van der Waals surface area contributed by atoms with Crippen LogP contribution in [-0.4, -0.2) is 30.6 Å². The maximum atomic E-state index is 10.9. The molecule has 3 N–H and O–H groups in total. The smallest absolute Gasteiger partial charge is 0.215 e. The highest BCUT2D eigenvalue weighted by molar-refractivity contribution is 6.07. The summed E-state index contributed by atoms with van der Waals surface area (Å²) in [5.41, 5.74) is 1.11. The summed E-state index contributed by atoms with van der Waals surface area (Å²) >= 11 is 0. The topological polar surface area (TPSA) is 61.4 Å². The zero-order chi connectivity index (χ0) is 8.43. The van der Waals surface area contributed by atoms with E-state index >= 15 is 0 Å². The first kappa shape index (κ1) is 8.07. The Kier molecular flexibility index (Phi) is 2.14. The van der Waals surface area contributed by atoms with Crippen molar-refractivity contribution in [2.24, 2.45) is 0 Å². The number of nitrogens with one attached hydrogen (secondary N) is 2. The summed E-state index contributed by atoms with van der Waals surface area (Å²) in [4.78, 5) is 10.9. The van der Waals surface area contributed by atoms with E-state index in [4.69, 9.17) is 5.11 Å². The molecular formula is C7H12N2O2. The fraction of sp³-hybridized carbons (Fsp3) is 0.571. The third-order valence-electron chi connectivity index (χ3n) is 1.65. The molecule has 1 atom stereocenters. The maximum absolute atomic E-state index is 10.9. The number of Topliss-reactive ketones (excluding diaryl/α,β-unsaturated/α-hetero) is 1. The molecule has 0 aliphatic heterocycles. The van der Waals surface area contributed by atoms with Crippen molar-refractivity contribution in [3.8, 4) is 0 Å². The van der Waals surface area contributed by atoms with Crippen LogP contribution in [0.2, 0.25) is 0 Å². The maximum Gasteiger partial charge on any atom is 0.215 e. The molecule has 0 spiro atoms. The highest BCUT2D eigenvalue weighted by Crippen LogP contribution is 2.19. The van der Waals surface area contributed by atoms with Gasteiger partial charge in [0.15, 0.2) is 6.10 Å². The molecule has 4 heteroatoms. The Labute approximate surface area is 65.3 Å². The molecule has 0 aromatic rings. The quantitative estimate of drug-likeness (QED) is 0.489. The average molecular weight is 156 g/mol. The minimum absolute atomic E-state index is 0.233. The number of hydrogen-bond donors (Lipinski definition) is 3. The normalized spacial score (nSPS) is 23.2. The summed E-state index contributed by atoms with van der Waals surface area (Å²) in [6.07, 6.45) is -0.933. The summed E-state index contributed by atoms with van der Waals surface area (Å²) in [6, 6.07) is 0. The van der Waals surface area contributed by atoms with Gasteiger partial charge in [-0.15, -0.1) is 0 Å². The third kappa shape index (κ3) is 1.09. The van der Waals surface area contributed by atoms with Gasteiger partial charge in [-0.05, 0) is 6.92 Å². The van der Waals surface area contributed by atoms with Crippen LogP contribution < -0.4 is 10.6 Å². The highest BCUT2D eigenvalue weighted by atomic mass is 16.3. The molecule has 11 heavy (non-hydrogen) atoms. The van der Waals surface area contributed by atoms with E-state index in [-0.39, 0.29) is 5.78 Å². The Hall–Kier alpha value is -1.03. The third-order valence-corrected chi connectivity index (χ3v) is 1.65. The van der Waals surface area contributed by atoms with Crippen LogP contribution in [0, 0.1) is 0 Å². The van der Waals surface area contributed by atoms with Crippen LogP contribution in [0.25, 0.3) is 0 Å². The number of aliphatic hydroxyl groups excluding tert-OH is 1. The van der Waals surface area contributed by atoms with Crippen LogP contribution in [-0.2, 0) is 4.79 Å². The van der Waals surface area contributed by atoms with E-state index < -0.39 is 6.10 Å². The standard InChI is InChI=1S/C7H12N2O2/c1-3-9-5-4(8-2)6(10)7(5)11/h7-9,11H,3H2,1-2H3. The van der Waals surface area contributed by atoms with Gasteiger partial charge in [0.2, 0.25) is 5.78 Å². The Morgan fingerprint density at radius 3 is 2.73 bits per heavy atom. The van der Waals surface area contributed by atoms with Crippen molar-refractivity contribution in [3.05, 3.63) is 11.4 Å². The molecule has 62 valence electrons. The Morgan fingerprint density at radius 1 is 1.64 bits per heavy atom. The number of hydrogen-bond acceptors (Lipinski definition) is 4. The summed E-state index contributed by atoms with van der Waals surface area (Å²) in [6.45, 7) is 2.63. The van der Waals surface area contributed by atoms with Gasteiger partial charge in [0.1, 0.15) is 5.70 Å². The van der Waals surface area contributed by atoms with Gasteiger partial charge in [-0.3, -0.25) is 4.79 Å². The molecule has 0 fully saturated rings. The van der Waals surface area contributed by atoms with Crippen molar-refractivity contribution >= 4 is 5.78 Å². The Balaban J connectivity index is 2.73. The van der Waals surface area contributed by atoms with Crippen LogP contribution in [0.5, 0.6) is 0 Å². The lowest BCUT2D eigenvalue weighted by Gasteiger charge is -2.27. The lowest BCUT2D eigenvalue weighted by Crippen LogP contribution is -2.47. The fourth-order valence-corrected chi connectivity index (χ4v) is 1.09. The first-order chi connectivity index (χ1) is 5.22. The van der Waals surface area contributed by atoms with E-state index in [0.29, 0.717) is 17.9 Å². The van der Waals surface area contributed by atoms with Crippen molar-refractivity contribution in [2.45, 2.75) is 13.0 Å². The van der Waals surface area contributed by atoms with Gasteiger partial charge in [-0.1, -0.05) is 0 Å².